The molecule has 3 rings (SSSR count). The molecule has 1 aliphatic carbocycles. The third-order valence-electron chi connectivity index (χ3n) is 3.93. The molecule has 19 heavy (non-hydrogen) atoms. The van der Waals surface area contributed by atoms with Crippen molar-refractivity contribution in [1.82, 2.24) is 0 Å². The fourth-order valence-corrected chi connectivity index (χ4v) is 3.02. The van der Waals surface area contributed by atoms with Crippen molar-refractivity contribution in [3.05, 3.63) is 22.2 Å². The predicted octanol–water partition coefficient (Wildman–Crippen LogP) is 3.13. The van der Waals surface area contributed by atoms with Gasteiger partial charge in [0.2, 0.25) is 6.08 Å². The van der Waals surface area contributed by atoms with Crippen LogP contribution in [-0.4, -0.2) is 19.3 Å². The summed E-state index contributed by atoms with van der Waals surface area (Å²) in [6.07, 6.45) is 4.36. The zero-order valence-electron chi connectivity index (χ0n) is 10.7. The maximum absolute atomic E-state index is 10.7. The monoisotopic (exact) mass is 279 g/mol. The molecule has 0 saturated heterocycles. The molecular weight excluding hydrogens is 266 g/mol. The summed E-state index contributed by atoms with van der Waals surface area (Å²) in [5.74, 6) is 1.39. The molecule has 1 fully saturated rings. The number of hydrogen-bond acceptors (Lipinski definition) is 4. The van der Waals surface area contributed by atoms with E-state index in [0.29, 0.717) is 29.7 Å². The minimum Gasteiger partial charge on any atom is -0.486 e. The van der Waals surface area contributed by atoms with Gasteiger partial charge in [0.1, 0.15) is 13.2 Å². The van der Waals surface area contributed by atoms with E-state index in [1.54, 1.807) is 6.08 Å². The smallest absolute Gasteiger partial charge is 0.235 e. The normalized spacial score (nSPS) is 19.3. The van der Waals surface area contributed by atoms with Crippen LogP contribution in [0.5, 0.6) is 11.5 Å². The van der Waals surface area contributed by atoms with E-state index < -0.39 is 5.54 Å². The van der Waals surface area contributed by atoms with E-state index in [2.05, 4.69) is 4.99 Å². The van der Waals surface area contributed by atoms with Crippen LogP contribution in [0, 0.1) is 6.92 Å². The van der Waals surface area contributed by atoms with Gasteiger partial charge in [-0.15, -0.1) is 0 Å². The summed E-state index contributed by atoms with van der Waals surface area (Å²) in [7, 11) is 0. The van der Waals surface area contributed by atoms with Gasteiger partial charge in [-0.3, -0.25) is 0 Å². The lowest BCUT2D eigenvalue weighted by molar-refractivity contribution is 0.169. The number of halogens is 1. The number of fused-ring (bicyclic) bond motifs is 1. The number of nitrogens with zero attached hydrogens (tertiary/aromatic N) is 1. The van der Waals surface area contributed by atoms with Gasteiger partial charge in [0, 0.05) is 11.1 Å². The highest BCUT2D eigenvalue weighted by Gasteiger charge is 2.42. The molecule has 100 valence electrons. The van der Waals surface area contributed by atoms with E-state index in [-0.39, 0.29) is 0 Å². The Morgan fingerprint density at radius 3 is 2.74 bits per heavy atom. The van der Waals surface area contributed by atoms with Gasteiger partial charge in [-0.05, 0) is 32.3 Å². The molecule has 1 heterocycles. The number of aliphatic imine (C=N–C) groups is 1. The van der Waals surface area contributed by atoms with Crippen molar-refractivity contribution in [2.75, 3.05) is 13.2 Å². The molecular formula is C14H14ClNO3. The van der Waals surface area contributed by atoms with Crippen molar-refractivity contribution in [1.29, 1.82) is 0 Å². The predicted molar refractivity (Wildman–Crippen MR) is 70.8 cm³/mol. The van der Waals surface area contributed by atoms with Gasteiger partial charge in [0.25, 0.3) is 0 Å². The Kier molecular flexibility index (Phi) is 3.00. The highest BCUT2D eigenvalue weighted by Crippen LogP contribution is 2.51. The lowest BCUT2D eigenvalue weighted by atomic mass is 9.72. The van der Waals surface area contributed by atoms with Crippen LogP contribution in [0.4, 0.5) is 0 Å². The zero-order valence-corrected chi connectivity index (χ0v) is 11.4. The lowest BCUT2D eigenvalue weighted by Gasteiger charge is -2.38. The highest BCUT2D eigenvalue weighted by molar-refractivity contribution is 6.32. The Morgan fingerprint density at radius 2 is 2.11 bits per heavy atom. The second-order valence-electron chi connectivity index (χ2n) is 4.98. The molecule has 4 nitrogen and oxygen atoms in total. The molecule has 1 aliphatic heterocycles. The summed E-state index contributed by atoms with van der Waals surface area (Å²) in [6.45, 7) is 2.95. The second kappa shape index (κ2) is 4.55. The summed E-state index contributed by atoms with van der Waals surface area (Å²) in [6, 6.07) is 1.86. The van der Waals surface area contributed by atoms with E-state index in [4.69, 9.17) is 21.1 Å². The average Bonchev–Trinajstić information content (AvgIpc) is 2.38. The van der Waals surface area contributed by atoms with Crippen LogP contribution >= 0.6 is 11.6 Å². The Balaban J connectivity index is 2.16. The Bertz CT molecular complexity index is 575. The lowest BCUT2D eigenvalue weighted by Crippen LogP contribution is -2.32. The molecule has 0 bridgehead atoms. The minimum atomic E-state index is -0.514. The van der Waals surface area contributed by atoms with Crippen molar-refractivity contribution in [3.63, 3.8) is 0 Å². The third-order valence-corrected chi connectivity index (χ3v) is 4.42. The number of hydrogen-bond donors (Lipinski definition) is 0. The van der Waals surface area contributed by atoms with Crippen LogP contribution in [0.1, 0.15) is 30.4 Å². The maximum atomic E-state index is 10.7. The topological polar surface area (TPSA) is 47.9 Å². The van der Waals surface area contributed by atoms with Crippen LogP contribution in [0.2, 0.25) is 5.02 Å². The van der Waals surface area contributed by atoms with Crippen LogP contribution in [0.15, 0.2) is 11.1 Å². The first-order chi connectivity index (χ1) is 9.18. The van der Waals surface area contributed by atoms with Crippen molar-refractivity contribution in [3.8, 4) is 11.5 Å². The summed E-state index contributed by atoms with van der Waals surface area (Å²) < 4.78 is 11.2. The number of benzene rings is 1. The van der Waals surface area contributed by atoms with Gasteiger partial charge in [-0.1, -0.05) is 11.6 Å². The van der Waals surface area contributed by atoms with E-state index in [1.165, 1.54) is 0 Å². The van der Waals surface area contributed by atoms with Gasteiger partial charge < -0.3 is 9.47 Å². The Hall–Kier alpha value is -1.51. The molecule has 0 spiro atoms. The van der Waals surface area contributed by atoms with E-state index in [1.807, 2.05) is 13.0 Å². The van der Waals surface area contributed by atoms with Gasteiger partial charge in [-0.25, -0.2) is 4.79 Å². The van der Waals surface area contributed by atoms with Crippen molar-refractivity contribution < 1.29 is 14.3 Å². The molecule has 0 aromatic heterocycles. The van der Waals surface area contributed by atoms with Crippen LogP contribution in [-0.2, 0) is 10.3 Å². The molecule has 0 radical (unpaired) electrons. The summed E-state index contributed by atoms with van der Waals surface area (Å²) in [4.78, 5) is 14.7. The minimum absolute atomic E-state index is 0.514. The fraction of sp³-hybridized carbons (Fsp3) is 0.500. The molecule has 1 aromatic carbocycles. The molecule has 0 unspecified atom stereocenters. The van der Waals surface area contributed by atoms with E-state index in [9.17, 15) is 4.79 Å². The first kappa shape index (κ1) is 12.5. The van der Waals surface area contributed by atoms with E-state index >= 15 is 0 Å². The van der Waals surface area contributed by atoms with Crippen molar-refractivity contribution in [2.24, 2.45) is 4.99 Å². The first-order valence-electron chi connectivity index (χ1n) is 6.36. The molecule has 0 N–H and O–H groups in total. The largest absolute Gasteiger partial charge is 0.486 e. The molecule has 0 atom stereocenters. The average molecular weight is 280 g/mol. The standard InChI is InChI=1S/C14H14ClNO3/c1-9-12(15)10(14(16-8-17)3-2-4-14)7-11-13(9)19-6-5-18-11/h7H,2-6H2,1H3. The zero-order chi connectivity index (χ0) is 13.5. The maximum Gasteiger partial charge on any atom is 0.235 e. The van der Waals surface area contributed by atoms with Crippen molar-refractivity contribution >= 4 is 17.7 Å². The number of rotatable bonds is 2. The number of isocyanates is 1. The molecule has 0 amide bonds. The Morgan fingerprint density at radius 1 is 1.37 bits per heavy atom. The van der Waals surface area contributed by atoms with Crippen LogP contribution < -0.4 is 9.47 Å². The van der Waals surface area contributed by atoms with Gasteiger partial charge in [-0.2, -0.15) is 4.99 Å². The molecule has 1 aromatic rings. The van der Waals surface area contributed by atoms with Gasteiger partial charge >= 0.3 is 0 Å². The van der Waals surface area contributed by atoms with Crippen LogP contribution in [0.3, 0.4) is 0 Å². The molecule has 5 heteroatoms. The second-order valence-corrected chi connectivity index (χ2v) is 5.35. The van der Waals surface area contributed by atoms with E-state index in [0.717, 1.165) is 30.4 Å². The van der Waals surface area contributed by atoms with Crippen molar-refractivity contribution in [2.45, 2.75) is 31.7 Å². The Labute approximate surface area is 116 Å². The molecule has 2 aliphatic rings. The quantitative estimate of drug-likeness (QED) is 0.617. The number of carbonyl (C=O) groups excluding carboxylic acids is 1. The van der Waals surface area contributed by atoms with Gasteiger partial charge in [0.05, 0.1) is 10.6 Å². The van der Waals surface area contributed by atoms with Crippen LogP contribution in [0.25, 0.3) is 0 Å². The molecule has 1 saturated carbocycles. The fourth-order valence-electron chi connectivity index (χ4n) is 2.71. The van der Waals surface area contributed by atoms with Gasteiger partial charge in [0.15, 0.2) is 11.5 Å². The number of ether oxygens (including phenoxy) is 2. The summed E-state index contributed by atoms with van der Waals surface area (Å²) >= 11 is 6.44. The summed E-state index contributed by atoms with van der Waals surface area (Å²) in [5, 5.41) is 0.614. The summed E-state index contributed by atoms with van der Waals surface area (Å²) in [5.41, 5.74) is 1.19. The first-order valence-corrected chi connectivity index (χ1v) is 6.74. The third kappa shape index (κ3) is 1.83. The highest BCUT2D eigenvalue weighted by atomic mass is 35.5. The SMILES string of the molecule is Cc1c(Cl)c(C2(N=C=O)CCC2)cc2c1OCCO2.